The first-order chi connectivity index (χ1) is 9.44. The van der Waals surface area contributed by atoms with Gasteiger partial charge in [0.15, 0.2) is 0 Å². The van der Waals surface area contributed by atoms with E-state index in [1.54, 1.807) is 6.92 Å². The van der Waals surface area contributed by atoms with Crippen molar-refractivity contribution in [1.29, 1.82) is 0 Å². The van der Waals surface area contributed by atoms with Crippen molar-refractivity contribution < 1.29 is 4.79 Å². The maximum atomic E-state index is 12.3. The van der Waals surface area contributed by atoms with Gasteiger partial charge in [-0.05, 0) is 37.6 Å². The first-order valence-electron chi connectivity index (χ1n) is 7.03. The number of hydrogen-bond donors (Lipinski definition) is 1. The molecule has 0 aliphatic carbocycles. The number of carbonyl (C=O) groups excluding carboxylic acids is 1. The predicted molar refractivity (Wildman–Crippen MR) is 83.1 cm³/mol. The zero-order valence-corrected chi connectivity index (χ0v) is 12.9. The summed E-state index contributed by atoms with van der Waals surface area (Å²) in [6.07, 6.45) is 0.656. The molecular formula is C15H22ClN3O. The molecule has 0 saturated carbocycles. The van der Waals surface area contributed by atoms with E-state index in [1.807, 2.05) is 36.1 Å². The Balaban J connectivity index is 1.96. The van der Waals surface area contributed by atoms with Crippen molar-refractivity contribution in [1.82, 2.24) is 4.90 Å². The lowest BCUT2D eigenvalue weighted by atomic mass is 9.98. The molecule has 1 aliphatic heterocycles. The van der Waals surface area contributed by atoms with Crippen LogP contribution in [0.15, 0.2) is 24.3 Å². The van der Waals surface area contributed by atoms with Crippen LogP contribution < -0.4 is 10.6 Å². The van der Waals surface area contributed by atoms with E-state index in [1.165, 1.54) is 0 Å². The van der Waals surface area contributed by atoms with E-state index in [0.29, 0.717) is 19.5 Å². The van der Waals surface area contributed by atoms with Gasteiger partial charge in [0.25, 0.3) is 0 Å². The Morgan fingerprint density at radius 2 is 1.80 bits per heavy atom. The molecule has 1 saturated heterocycles. The third-order valence-electron chi connectivity index (χ3n) is 3.98. The summed E-state index contributed by atoms with van der Waals surface area (Å²) in [5.41, 5.74) is 6.43. The first kappa shape index (κ1) is 15.1. The van der Waals surface area contributed by atoms with Crippen molar-refractivity contribution in [2.75, 3.05) is 31.1 Å². The van der Waals surface area contributed by atoms with Crippen molar-refractivity contribution in [3.05, 3.63) is 29.3 Å². The average molecular weight is 296 g/mol. The van der Waals surface area contributed by atoms with E-state index >= 15 is 0 Å². The van der Waals surface area contributed by atoms with Gasteiger partial charge in [-0.3, -0.25) is 4.79 Å². The molecule has 1 aromatic carbocycles. The van der Waals surface area contributed by atoms with Gasteiger partial charge in [0.05, 0.1) is 5.54 Å². The van der Waals surface area contributed by atoms with Crippen LogP contribution in [0.5, 0.6) is 0 Å². The minimum Gasteiger partial charge on any atom is -0.368 e. The fraction of sp³-hybridized carbons (Fsp3) is 0.533. The van der Waals surface area contributed by atoms with Crippen molar-refractivity contribution in [3.8, 4) is 0 Å². The van der Waals surface area contributed by atoms with Crippen molar-refractivity contribution >= 4 is 23.2 Å². The third-order valence-corrected chi connectivity index (χ3v) is 4.23. The molecule has 1 aromatic rings. The van der Waals surface area contributed by atoms with E-state index in [0.717, 1.165) is 23.8 Å². The number of nitrogens with zero attached hydrogens (tertiary/aromatic N) is 2. The van der Waals surface area contributed by atoms with Gasteiger partial charge in [-0.1, -0.05) is 18.5 Å². The Morgan fingerprint density at radius 3 is 2.30 bits per heavy atom. The van der Waals surface area contributed by atoms with Crippen LogP contribution in [0.1, 0.15) is 20.3 Å². The van der Waals surface area contributed by atoms with E-state index in [4.69, 9.17) is 17.3 Å². The summed E-state index contributed by atoms with van der Waals surface area (Å²) < 4.78 is 0. The first-order valence-corrected chi connectivity index (χ1v) is 7.40. The van der Waals surface area contributed by atoms with Gasteiger partial charge in [0, 0.05) is 36.9 Å². The number of amides is 1. The van der Waals surface area contributed by atoms with Crippen LogP contribution >= 0.6 is 11.6 Å². The smallest absolute Gasteiger partial charge is 0.242 e. The number of nitrogens with two attached hydrogens (primary N) is 1. The molecule has 0 aromatic heterocycles. The zero-order chi connectivity index (χ0) is 14.8. The van der Waals surface area contributed by atoms with E-state index < -0.39 is 5.54 Å². The molecule has 1 amide bonds. The summed E-state index contributed by atoms with van der Waals surface area (Å²) in [7, 11) is 0. The number of carbonyl (C=O) groups is 1. The second kappa shape index (κ2) is 6.02. The SMILES string of the molecule is CCC(C)(N)C(=O)N1CCN(c2ccc(Cl)cc2)CC1. The van der Waals surface area contributed by atoms with Gasteiger partial charge >= 0.3 is 0 Å². The highest BCUT2D eigenvalue weighted by atomic mass is 35.5. The van der Waals surface area contributed by atoms with Crippen LogP contribution in [0, 0.1) is 0 Å². The topological polar surface area (TPSA) is 49.6 Å². The minimum atomic E-state index is -0.748. The second-order valence-electron chi connectivity index (χ2n) is 5.53. The molecule has 0 radical (unpaired) electrons. The largest absolute Gasteiger partial charge is 0.368 e. The van der Waals surface area contributed by atoms with Crippen molar-refractivity contribution in [2.45, 2.75) is 25.8 Å². The van der Waals surface area contributed by atoms with Gasteiger partial charge in [-0.2, -0.15) is 0 Å². The monoisotopic (exact) mass is 295 g/mol. The lowest BCUT2D eigenvalue weighted by Gasteiger charge is -2.39. The molecule has 0 spiro atoms. The highest BCUT2D eigenvalue weighted by molar-refractivity contribution is 6.30. The molecule has 1 atom stereocenters. The maximum absolute atomic E-state index is 12.3. The number of halogens is 1. The van der Waals surface area contributed by atoms with Crippen LogP contribution in [0.3, 0.4) is 0 Å². The number of piperazine rings is 1. The number of anilines is 1. The van der Waals surface area contributed by atoms with Gasteiger partial charge < -0.3 is 15.5 Å². The maximum Gasteiger partial charge on any atom is 0.242 e. The van der Waals surface area contributed by atoms with Gasteiger partial charge in [0.2, 0.25) is 5.91 Å². The predicted octanol–water partition coefficient (Wildman–Crippen LogP) is 2.12. The Kier molecular flexibility index (Phi) is 4.55. The van der Waals surface area contributed by atoms with Crippen LogP contribution in [-0.4, -0.2) is 42.5 Å². The number of hydrogen-bond acceptors (Lipinski definition) is 3. The molecule has 110 valence electrons. The molecule has 1 heterocycles. The van der Waals surface area contributed by atoms with Crippen molar-refractivity contribution in [2.24, 2.45) is 5.73 Å². The normalized spacial score (nSPS) is 18.8. The highest BCUT2D eigenvalue weighted by Crippen LogP contribution is 2.20. The summed E-state index contributed by atoms with van der Waals surface area (Å²) >= 11 is 5.90. The van der Waals surface area contributed by atoms with E-state index in [2.05, 4.69) is 4.90 Å². The highest BCUT2D eigenvalue weighted by Gasteiger charge is 2.32. The van der Waals surface area contributed by atoms with E-state index in [-0.39, 0.29) is 5.91 Å². The van der Waals surface area contributed by atoms with Gasteiger partial charge in [-0.15, -0.1) is 0 Å². The van der Waals surface area contributed by atoms with Gasteiger partial charge in [0.1, 0.15) is 0 Å². The summed E-state index contributed by atoms with van der Waals surface area (Å²) in [5.74, 6) is 0.0516. The quantitative estimate of drug-likeness (QED) is 0.929. The molecule has 2 rings (SSSR count). The molecule has 5 heteroatoms. The summed E-state index contributed by atoms with van der Waals surface area (Å²) in [4.78, 5) is 16.4. The lowest BCUT2D eigenvalue weighted by molar-refractivity contribution is -0.136. The number of rotatable bonds is 3. The van der Waals surface area contributed by atoms with Crippen molar-refractivity contribution in [3.63, 3.8) is 0 Å². The average Bonchev–Trinajstić information content (AvgIpc) is 2.47. The molecule has 1 fully saturated rings. The molecular weight excluding hydrogens is 274 g/mol. The molecule has 4 nitrogen and oxygen atoms in total. The standard InChI is InChI=1S/C15H22ClN3O/c1-3-15(2,17)14(20)19-10-8-18(9-11-19)13-6-4-12(16)5-7-13/h4-7H,3,8-11,17H2,1-2H3. The van der Waals surface area contributed by atoms with Crippen LogP contribution in [-0.2, 0) is 4.79 Å². The molecule has 1 aliphatic rings. The summed E-state index contributed by atoms with van der Waals surface area (Å²) in [5, 5.41) is 0.740. The third kappa shape index (κ3) is 3.25. The van der Waals surface area contributed by atoms with Crippen LogP contribution in [0.4, 0.5) is 5.69 Å². The number of benzene rings is 1. The Bertz CT molecular complexity index is 465. The molecule has 2 N–H and O–H groups in total. The fourth-order valence-electron chi connectivity index (χ4n) is 2.33. The minimum absolute atomic E-state index is 0.0516. The lowest BCUT2D eigenvalue weighted by Crippen LogP contribution is -2.58. The molecule has 0 bridgehead atoms. The van der Waals surface area contributed by atoms with Crippen LogP contribution in [0.2, 0.25) is 5.02 Å². The fourth-order valence-corrected chi connectivity index (χ4v) is 2.46. The Labute approximate surface area is 125 Å². The van der Waals surface area contributed by atoms with Crippen LogP contribution in [0.25, 0.3) is 0 Å². The summed E-state index contributed by atoms with van der Waals surface area (Å²) in [6, 6.07) is 7.81. The zero-order valence-electron chi connectivity index (χ0n) is 12.1. The Hall–Kier alpha value is -1.26. The van der Waals surface area contributed by atoms with E-state index in [9.17, 15) is 4.79 Å². The second-order valence-corrected chi connectivity index (χ2v) is 5.96. The Morgan fingerprint density at radius 1 is 1.25 bits per heavy atom. The molecule has 1 unspecified atom stereocenters. The molecule has 20 heavy (non-hydrogen) atoms. The van der Waals surface area contributed by atoms with Gasteiger partial charge in [-0.25, -0.2) is 0 Å². The summed E-state index contributed by atoms with van der Waals surface area (Å²) in [6.45, 7) is 6.84.